The highest BCUT2D eigenvalue weighted by Crippen LogP contribution is 1.89. The Balaban J connectivity index is 2.72. The molecule has 0 N–H and O–H groups in total. The van der Waals surface area contributed by atoms with Crippen LogP contribution in [0.15, 0.2) is 12.4 Å². The van der Waals surface area contributed by atoms with Crippen LogP contribution in [0.2, 0.25) is 0 Å². The Hall–Kier alpha value is -0.153. The molecule has 3 heteroatoms. The average Bonchev–Trinajstić information content (AvgIpc) is 1.81. The van der Waals surface area contributed by atoms with E-state index >= 15 is 0 Å². The minimum atomic E-state index is 0.576. The van der Waals surface area contributed by atoms with E-state index in [1.165, 1.54) is 6.08 Å². The van der Waals surface area contributed by atoms with E-state index in [2.05, 4.69) is 0 Å². The summed E-state index contributed by atoms with van der Waals surface area (Å²) in [5.74, 6) is 0. The van der Waals surface area contributed by atoms with Crippen molar-refractivity contribution in [2.45, 2.75) is 12.8 Å². The summed E-state index contributed by atoms with van der Waals surface area (Å²) in [4.78, 5) is 0. The van der Waals surface area contributed by atoms with Gasteiger partial charge in [0, 0.05) is 6.61 Å². The lowest BCUT2D eigenvalue weighted by molar-refractivity contribution is 0.342. The van der Waals surface area contributed by atoms with Crippen LogP contribution in [0.5, 0.6) is 0 Å². The molecule has 48 valence electrons. The van der Waals surface area contributed by atoms with E-state index in [0.717, 1.165) is 29.9 Å². The molecular weight excluding hydrogens is 123 g/mol. The second kappa shape index (κ2) is 6.85. The molecule has 0 aromatic heterocycles. The molecule has 8 heavy (non-hydrogen) atoms. The van der Waals surface area contributed by atoms with E-state index in [4.69, 9.17) is 4.43 Å². The Morgan fingerprint density at radius 3 is 2.88 bits per heavy atom. The Bertz CT molecular complexity index is 65.4. The van der Waals surface area contributed by atoms with Crippen LogP contribution in [0.1, 0.15) is 12.8 Å². The van der Waals surface area contributed by atoms with Gasteiger partial charge in [-0.1, -0.05) is 6.08 Å². The number of hydrogen-bond acceptors (Lipinski definition) is 1. The van der Waals surface area contributed by atoms with Crippen LogP contribution in [0.3, 0.4) is 0 Å². The van der Waals surface area contributed by atoms with E-state index in [1.807, 2.05) is 0 Å². The largest absolute Gasteiger partial charge is 0.428 e. The first-order valence-electron chi connectivity index (χ1n) is 2.66. The average molecular weight is 134 g/mol. The number of rotatable bonds is 4. The Morgan fingerprint density at radius 1 is 1.62 bits per heavy atom. The van der Waals surface area contributed by atoms with Crippen LogP contribution in [-0.4, -0.2) is 17.1 Å². The summed E-state index contributed by atoms with van der Waals surface area (Å²) in [7, 11) is 0.789. The van der Waals surface area contributed by atoms with E-state index in [-0.39, 0.29) is 0 Å². The fourth-order valence-corrected chi connectivity index (χ4v) is 0.697. The first-order valence-corrected chi connectivity index (χ1v) is 3.47. The van der Waals surface area contributed by atoms with E-state index < -0.39 is 0 Å². The molecule has 0 saturated carbocycles. The van der Waals surface area contributed by atoms with Gasteiger partial charge < -0.3 is 4.43 Å². The summed E-state index contributed by atoms with van der Waals surface area (Å²) in [6.45, 7) is 0.774. The normalized spacial score (nSPS) is 11.1. The van der Waals surface area contributed by atoms with Crippen molar-refractivity contribution in [2.24, 2.45) is 0 Å². The molecule has 0 atom stereocenters. The van der Waals surface area contributed by atoms with Crippen molar-refractivity contribution in [3.63, 3.8) is 0 Å². The van der Waals surface area contributed by atoms with Crippen LogP contribution in [0.4, 0.5) is 4.39 Å². The lowest BCUT2D eigenvalue weighted by atomic mass is 10.3. The highest BCUT2D eigenvalue weighted by atomic mass is 28.2. The van der Waals surface area contributed by atoms with Gasteiger partial charge in [0.25, 0.3) is 0 Å². The predicted octanol–water partition coefficient (Wildman–Crippen LogP) is 0.547. The van der Waals surface area contributed by atoms with Crippen LogP contribution < -0.4 is 0 Å². The van der Waals surface area contributed by atoms with E-state index in [1.54, 1.807) is 0 Å². The zero-order valence-electron chi connectivity index (χ0n) is 5.06. The second-order valence-corrected chi connectivity index (χ2v) is 2.07. The van der Waals surface area contributed by atoms with Crippen molar-refractivity contribution in [1.82, 2.24) is 0 Å². The maximum Gasteiger partial charge on any atom is 0.145 e. The smallest absolute Gasteiger partial charge is 0.145 e. The third-order valence-electron chi connectivity index (χ3n) is 0.808. The Kier molecular flexibility index (Phi) is 6.72. The maximum atomic E-state index is 11.2. The summed E-state index contributed by atoms with van der Waals surface area (Å²) in [6, 6.07) is 0. The fraction of sp³-hybridized carbons (Fsp3) is 0.600. The molecule has 1 nitrogen and oxygen atoms in total. The molecule has 0 radical (unpaired) electrons. The fourth-order valence-electron chi connectivity index (χ4n) is 0.409. The molecule has 0 rings (SSSR count). The highest BCUT2D eigenvalue weighted by Gasteiger charge is 1.78. The molecule has 0 aliphatic heterocycles. The van der Waals surface area contributed by atoms with Crippen LogP contribution in [0, 0.1) is 0 Å². The quantitative estimate of drug-likeness (QED) is 0.403. The number of hydrogen-bond donors (Lipinski definition) is 0. The highest BCUT2D eigenvalue weighted by molar-refractivity contribution is 5.97. The van der Waals surface area contributed by atoms with Crippen molar-refractivity contribution in [3.05, 3.63) is 12.4 Å². The van der Waals surface area contributed by atoms with Crippen molar-refractivity contribution in [3.8, 4) is 0 Å². The third kappa shape index (κ3) is 5.85. The number of unbranched alkanes of at least 4 members (excludes halogenated alkanes) is 1. The van der Waals surface area contributed by atoms with Gasteiger partial charge in [0.15, 0.2) is 0 Å². The van der Waals surface area contributed by atoms with Crippen LogP contribution >= 0.6 is 0 Å². The van der Waals surface area contributed by atoms with Crippen molar-refractivity contribution in [2.75, 3.05) is 6.61 Å². The SMILES string of the molecule is FC=CCCCO[SiH3]. The topological polar surface area (TPSA) is 9.23 Å². The predicted molar refractivity (Wildman–Crippen MR) is 35.4 cm³/mol. The minimum Gasteiger partial charge on any atom is -0.428 e. The number of allylic oxidation sites excluding steroid dienone is 1. The van der Waals surface area contributed by atoms with Gasteiger partial charge in [-0.3, -0.25) is 0 Å². The zero-order chi connectivity index (χ0) is 6.24. The van der Waals surface area contributed by atoms with Gasteiger partial charge in [-0.2, -0.15) is 0 Å². The zero-order valence-corrected chi connectivity index (χ0v) is 7.06. The summed E-state index contributed by atoms with van der Waals surface area (Å²) in [5, 5.41) is 0. The van der Waals surface area contributed by atoms with Gasteiger partial charge in [0.1, 0.15) is 10.5 Å². The van der Waals surface area contributed by atoms with Crippen molar-refractivity contribution >= 4 is 10.5 Å². The maximum absolute atomic E-state index is 11.2. The summed E-state index contributed by atoms with van der Waals surface area (Å²) in [6.07, 6.45) is 3.80. The lowest BCUT2D eigenvalue weighted by Gasteiger charge is -1.91. The second-order valence-electron chi connectivity index (χ2n) is 1.50. The number of halogens is 1. The molecule has 0 saturated heterocycles. The molecule has 0 bridgehead atoms. The first kappa shape index (κ1) is 7.85. The molecule has 0 aromatic carbocycles. The van der Waals surface area contributed by atoms with Gasteiger partial charge in [-0.15, -0.1) is 0 Å². The standard InChI is InChI=1S/C5H11FOSi/c6-4-2-1-3-5-7-8/h2,4H,1,3,5H2,8H3. The summed E-state index contributed by atoms with van der Waals surface area (Å²) in [5.41, 5.74) is 0. The van der Waals surface area contributed by atoms with Crippen LogP contribution in [0.25, 0.3) is 0 Å². The van der Waals surface area contributed by atoms with Gasteiger partial charge in [0.05, 0.1) is 6.33 Å². The molecule has 0 aromatic rings. The third-order valence-corrected chi connectivity index (χ3v) is 1.22. The van der Waals surface area contributed by atoms with E-state index in [0.29, 0.717) is 6.33 Å². The summed E-state index contributed by atoms with van der Waals surface area (Å²) >= 11 is 0. The summed E-state index contributed by atoms with van der Waals surface area (Å²) < 4.78 is 16.1. The monoisotopic (exact) mass is 134 g/mol. The molecule has 0 unspecified atom stereocenters. The van der Waals surface area contributed by atoms with E-state index in [9.17, 15) is 4.39 Å². The van der Waals surface area contributed by atoms with Gasteiger partial charge in [0.2, 0.25) is 0 Å². The molecule has 0 amide bonds. The van der Waals surface area contributed by atoms with Gasteiger partial charge >= 0.3 is 0 Å². The first-order chi connectivity index (χ1) is 3.91. The molecule has 0 fully saturated rings. The minimum absolute atomic E-state index is 0.576. The lowest BCUT2D eigenvalue weighted by Crippen LogP contribution is -1.86. The van der Waals surface area contributed by atoms with Gasteiger partial charge in [-0.05, 0) is 12.8 Å². The van der Waals surface area contributed by atoms with Gasteiger partial charge in [-0.25, -0.2) is 4.39 Å². The Labute approximate surface area is 52.1 Å². The molecular formula is C5H11FOSi. The van der Waals surface area contributed by atoms with Crippen molar-refractivity contribution < 1.29 is 8.82 Å². The molecule has 0 aliphatic carbocycles. The van der Waals surface area contributed by atoms with Crippen molar-refractivity contribution in [1.29, 1.82) is 0 Å². The Morgan fingerprint density at radius 2 is 2.38 bits per heavy atom. The molecule has 0 aliphatic rings. The van der Waals surface area contributed by atoms with Crippen LogP contribution in [-0.2, 0) is 4.43 Å². The molecule has 0 spiro atoms. The molecule has 0 heterocycles.